The van der Waals surface area contributed by atoms with Gasteiger partial charge in [-0.2, -0.15) is 0 Å². The average Bonchev–Trinajstić information content (AvgIpc) is 2.42. The molecule has 0 saturated heterocycles. The highest BCUT2D eigenvalue weighted by molar-refractivity contribution is 9.10. The smallest absolute Gasteiger partial charge is 0.168 e. The molecule has 0 amide bonds. The van der Waals surface area contributed by atoms with E-state index in [0.29, 0.717) is 21.5 Å². The highest BCUT2D eigenvalue weighted by Gasteiger charge is 2.12. The highest BCUT2D eigenvalue weighted by atomic mass is 79.9. The van der Waals surface area contributed by atoms with Gasteiger partial charge in [0.1, 0.15) is 11.5 Å². The molecule has 0 saturated carbocycles. The Hall–Kier alpha value is -1.59. The molecular weight excluding hydrogens is 315 g/mol. The van der Waals surface area contributed by atoms with Crippen LogP contribution in [0, 0.1) is 5.82 Å². The van der Waals surface area contributed by atoms with E-state index in [1.807, 2.05) is 0 Å². The summed E-state index contributed by atoms with van der Waals surface area (Å²) in [6.45, 7) is -0.291. The molecule has 2 rings (SSSR count). The predicted octanol–water partition coefficient (Wildman–Crippen LogP) is 3.88. The third kappa shape index (κ3) is 3.05. The minimum Gasteiger partial charge on any atom is -0.497 e. The van der Waals surface area contributed by atoms with Gasteiger partial charge in [-0.15, -0.1) is 0 Å². The highest BCUT2D eigenvalue weighted by Crippen LogP contribution is 2.35. The zero-order valence-corrected chi connectivity index (χ0v) is 11.8. The van der Waals surface area contributed by atoms with Gasteiger partial charge in [0.2, 0.25) is 0 Å². The van der Waals surface area contributed by atoms with Crippen molar-refractivity contribution in [2.45, 2.75) is 6.61 Å². The Morgan fingerprint density at radius 1 is 1.26 bits per heavy atom. The van der Waals surface area contributed by atoms with Crippen molar-refractivity contribution in [3.8, 4) is 17.2 Å². The zero-order chi connectivity index (χ0) is 13.8. The molecule has 0 unspecified atom stereocenters. The van der Waals surface area contributed by atoms with Gasteiger partial charge in [0.05, 0.1) is 18.2 Å². The van der Waals surface area contributed by atoms with Crippen LogP contribution in [-0.4, -0.2) is 12.2 Å². The van der Waals surface area contributed by atoms with E-state index < -0.39 is 5.82 Å². The van der Waals surface area contributed by atoms with Crippen LogP contribution in [0.3, 0.4) is 0 Å². The third-order valence-electron chi connectivity index (χ3n) is 2.57. The normalized spacial score (nSPS) is 10.3. The minimum absolute atomic E-state index is 0.0240. The van der Waals surface area contributed by atoms with E-state index >= 15 is 0 Å². The van der Waals surface area contributed by atoms with Crippen molar-refractivity contribution in [2.24, 2.45) is 0 Å². The van der Waals surface area contributed by atoms with Crippen LogP contribution in [0.2, 0.25) is 0 Å². The molecule has 0 heterocycles. The van der Waals surface area contributed by atoms with Gasteiger partial charge in [-0.3, -0.25) is 0 Å². The Labute approximate surface area is 118 Å². The van der Waals surface area contributed by atoms with Crippen molar-refractivity contribution < 1.29 is 19.0 Å². The number of aliphatic hydroxyl groups excluding tert-OH is 1. The summed E-state index contributed by atoms with van der Waals surface area (Å²) in [6.07, 6.45) is 0. The Morgan fingerprint density at radius 2 is 2.05 bits per heavy atom. The Bertz CT molecular complexity index is 587. The quantitative estimate of drug-likeness (QED) is 0.926. The van der Waals surface area contributed by atoms with E-state index in [2.05, 4.69) is 15.9 Å². The number of hydrogen-bond acceptors (Lipinski definition) is 3. The maximum atomic E-state index is 13.7. The SMILES string of the molecule is COc1ccc(Oc2c(F)cccc2CO)c(Br)c1. The standard InChI is InChI=1S/C14H12BrFO3/c1-18-10-5-6-13(11(15)7-10)19-14-9(8-17)3-2-4-12(14)16/h2-7,17H,8H2,1H3. The molecule has 0 aliphatic rings. The van der Waals surface area contributed by atoms with Crippen LogP contribution in [0.5, 0.6) is 17.2 Å². The lowest BCUT2D eigenvalue weighted by atomic mass is 10.2. The lowest BCUT2D eigenvalue weighted by Crippen LogP contribution is -1.96. The number of hydrogen-bond donors (Lipinski definition) is 1. The van der Waals surface area contributed by atoms with Gasteiger partial charge in [-0.05, 0) is 40.2 Å². The molecule has 0 aromatic heterocycles. The molecule has 2 aromatic carbocycles. The molecule has 0 atom stereocenters. The largest absolute Gasteiger partial charge is 0.497 e. The van der Waals surface area contributed by atoms with Crippen molar-refractivity contribution in [1.82, 2.24) is 0 Å². The second kappa shape index (κ2) is 6.04. The first-order chi connectivity index (χ1) is 9.15. The first-order valence-electron chi connectivity index (χ1n) is 5.55. The van der Waals surface area contributed by atoms with Crippen molar-refractivity contribution in [2.75, 3.05) is 7.11 Å². The summed E-state index contributed by atoms with van der Waals surface area (Å²) >= 11 is 3.33. The van der Waals surface area contributed by atoms with Crippen LogP contribution in [0.15, 0.2) is 40.9 Å². The summed E-state index contributed by atoms with van der Waals surface area (Å²) in [4.78, 5) is 0. The minimum atomic E-state index is -0.519. The van der Waals surface area contributed by atoms with Crippen molar-refractivity contribution >= 4 is 15.9 Å². The van der Waals surface area contributed by atoms with Crippen molar-refractivity contribution in [3.63, 3.8) is 0 Å². The van der Waals surface area contributed by atoms with Gasteiger partial charge in [0, 0.05) is 5.56 Å². The fourth-order valence-electron chi connectivity index (χ4n) is 1.59. The molecule has 19 heavy (non-hydrogen) atoms. The molecule has 0 fully saturated rings. The number of para-hydroxylation sites is 1. The second-order valence-electron chi connectivity index (χ2n) is 3.78. The first-order valence-corrected chi connectivity index (χ1v) is 6.34. The van der Waals surface area contributed by atoms with E-state index in [9.17, 15) is 9.50 Å². The van der Waals surface area contributed by atoms with Gasteiger partial charge in [0.15, 0.2) is 11.6 Å². The molecule has 0 bridgehead atoms. The van der Waals surface area contributed by atoms with Gasteiger partial charge < -0.3 is 14.6 Å². The molecule has 100 valence electrons. The lowest BCUT2D eigenvalue weighted by molar-refractivity contribution is 0.274. The van der Waals surface area contributed by atoms with Gasteiger partial charge in [-0.25, -0.2) is 4.39 Å². The molecule has 0 aliphatic heterocycles. The van der Waals surface area contributed by atoms with Gasteiger partial charge in [0.25, 0.3) is 0 Å². The number of aliphatic hydroxyl groups is 1. The number of methoxy groups -OCH3 is 1. The van der Waals surface area contributed by atoms with E-state index in [0.717, 1.165) is 0 Å². The van der Waals surface area contributed by atoms with E-state index in [-0.39, 0.29) is 12.4 Å². The topological polar surface area (TPSA) is 38.7 Å². The summed E-state index contributed by atoms with van der Waals surface area (Å²) in [7, 11) is 1.56. The Morgan fingerprint density at radius 3 is 2.68 bits per heavy atom. The molecule has 0 aliphatic carbocycles. The summed E-state index contributed by atoms with van der Waals surface area (Å²) < 4.78 is 25.0. The molecule has 0 spiro atoms. The second-order valence-corrected chi connectivity index (χ2v) is 4.64. The summed E-state index contributed by atoms with van der Waals surface area (Å²) in [5, 5.41) is 9.19. The molecule has 5 heteroatoms. The van der Waals surface area contributed by atoms with Gasteiger partial charge in [-0.1, -0.05) is 12.1 Å². The van der Waals surface area contributed by atoms with Crippen LogP contribution < -0.4 is 9.47 Å². The maximum Gasteiger partial charge on any atom is 0.168 e. The van der Waals surface area contributed by atoms with Crippen LogP contribution in [0.4, 0.5) is 4.39 Å². The number of benzene rings is 2. The molecule has 2 aromatic rings. The fraction of sp³-hybridized carbons (Fsp3) is 0.143. The fourth-order valence-corrected chi connectivity index (χ4v) is 2.03. The Kier molecular flexibility index (Phi) is 4.39. The lowest BCUT2D eigenvalue weighted by Gasteiger charge is -2.12. The predicted molar refractivity (Wildman–Crippen MR) is 73.1 cm³/mol. The Balaban J connectivity index is 2.36. The average molecular weight is 327 g/mol. The van der Waals surface area contributed by atoms with Crippen LogP contribution in [0.25, 0.3) is 0 Å². The van der Waals surface area contributed by atoms with E-state index in [1.54, 1.807) is 31.4 Å². The molecule has 3 nitrogen and oxygen atoms in total. The number of rotatable bonds is 4. The van der Waals surface area contributed by atoms with E-state index in [4.69, 9.17) is 9.47 Å². The molecule has 0 radical (unpaired) electrons. The molecule has 1 N–H and O–H groups in total. The van der Waals surface area contributed by atoms with Crippen molar-refractivity contribution in [3.05, 3.63) is 52.3 Å². The van der Waals surface area contributed by atoms with Crippen LogP contribution >= 0.6 is 15.9 Å². The van der Waals surface area contributed by atoms with Gasteiger partial charge >= 0.3 is 0 Å². The van der Waals surface area contributed by atoms with Crippen molar-refractivity contribution in [1.29, 1.82) is 0 Å². The van der Waals surface area contributed by atoms with Crippen LogP contribution in [0.1, 0.15) is 5.56 Å². The van der Waals surface area contributed by atoms with E-state index in [1.165, 1.54) is 12.1 Å². The first kappa shape index (κ1) is 13.8. The van der Waals surface area contributed by atoms with Crippen LogP contribution in [-0.2, 0) is 6.61 Å². The monoisotopic (exact) mass is 326 g/mol. The summed E-state index contributed by atoms with van der Waals surface area (Å²) in [6, 6.07) is 9.50. The third-order valence-corrected chi connectivity index (χ3v) is 3.19. The molecular formula is C14H12BrFO3. The maximum absolute atomic E-state index is 13.7. The number of ether oxygens (including phenoxy) is 2. The number of halogens is 2. The summed E-state index contributed by atoms with van der Waals surface area (Å²) in [5.74, 6) is 0.612. The zero-order valence-electron chi connectivity index (χ0n) is 10.2. The summed E-state index contributed by atoms with van der Waals surface area (Å²) in [5.41, 5.74) is 0.391.